The molecule has 1 aliphatic heterocycles. The van der Waals surface area contributed by atoms with Gasteiger partial charge in [0.25, 0.3) is 0 Å². The number of hydrogen-bond acceptors (Lipinski definition) is 8. The molecule has 1 unspecified atom stereocenters. The molecular formula is C18H25NO8S2. The van der Waals surface area contributed by atoms with Crippen molar-refractivity contribution in [3.8, 4) is 0 Å². The van der Waals surface area contributed by atoms with E-state index in [-0.39, 0.29) is 42.1 Å². The van der Waals surface area contributed by atoms with Gasteiger partial charge in [0.2, 0.25) is 11.8 Å². The summed E-state index contributed by atoms with van der Waals surface area (Å²) >= 11 is 5.02. The number of nitrogens with zero attached hydrogens (tertiary/aromatic N) is 1. The summed E-state index contributed by atoms with van der Waals surface area (Å²) in [5, 5.41) is 16.4. The molecule has 0 bridgehead atoms. The predicted octanol–water partition coefficient (Wildman–Crippen LogP) is 0.919. The number of ketones is 2. The maximum Gasteiger partial charge on any atom is 0.307 e. The number of likely N-dealkylation sites (tertiary alicyclic amines) is 1. The summed E-state index contributed by atoms with van der Waals surface area (Å²) in [4.78, 5) is 64.4. The van der Waals surface area contributed by atoms with E-state index in [2.05, 4.69) is 12.6 Å². The topological polar surface area (TPSA) is 146 Å². The van der Waals surface area contributed by atoms with Crippen LogP contribution in [0.5, 0.6) is 0 Å². The van der Waals surface area contributed by atoms with Crippen LogP contribution in [0.15, 0.2) is 12.2 Å². The molecule has 1 aliphatic carbocycles. The number of thioether (sulfide) groups is 1. The number of amides is 2. The zero-order chi connectivity index (χ0) is 22.7. The van der Waals surface area contributed by atoms with Gasteiger partial charge in [0.05, 0.1) is 23.5 Å². The van der Waals surface area contributed by atoms with Gasteiger partial charge in [-0.1, -0.05) is 13.8 Å². The molecule has 29 heavy (non-hydrogen) atoms. The maximum absolute atomic E-state index is 11.4. The maximum atomic E-state index is 11.4. The molecule has 0 aromatic carbocycles. The fraction of sp³-hybridized carbons (Fsp3) is 0.556. The Labute approximate surface area is 178 Å². The van der Waals surface area contributed by atoms with Gasteiger partial charge >= 0.3 is 11.9 Å². The zero-order valence-corrected chi connectivity index (χ0v) is 18.1. The molecule has 1 fully saturated rings. The van der Waals surface area contributed by atoms with Crippen LogP contribution in [0, 0.1) is 11.8 Å². The molecule has 2 aliphatic rings. The summed E-state index contributed by atoms with van der Waals surface area (Å²) in [7, 11) is 1.45. The monoisotopic (exact) mass is 447 g/mol. The average molecular weight is 448 g/mol. The molecule has 2 amide bonds. The van der Waals surface area contributed by atoms with Crippen LogP contribution in [0.25, 0.3) is 0 Å². The normalized spacial score (nSPS) is 19.9. The third kappa shape index (κ3) is 10.3. The van der Waals surface area contributed by atoms with Crippen molar-refractivity contribution in [3.05, 3.63) is 12.2 Å². The van der Waals surface area contributed by atoms with Crippen molar-refractivity contribution in [2.75, 3.05) is 18.6 Å². The molecule has 1 saturated heterocycles. The molecule has 9 nitrogen and oxygen atoms in total. The lowest BCUT2D eigenvalue weighted by Gasteiger charge is -2.10. The van der Waals surface area contributed by atoms with E-state index in [4.69, 9.17) is 10.2 Å². The lowest BCUT2D eigenvalue weighted by atomic mass is 10.2. The van der Waals surface area contributed by atoms with Gasteiger partial charge in [-0.15, -0.1) is 11.8 Å². The van der Waals surface area contributed by atoms with Crippen LogP contribution in [0.3, 0.4) is 0 Å². The van der Waals surface area contributed by atoms with Gasteiger partial charge in [-0.2, -0.15) is 12.6 Å². The molecule has 0 saturated carbocycles. The first-order chi connectivity index (χ1) is 13.4. The van der Waals surface area contributed by atoms with Crippen molar-refractivity contribution in [1.82, 2.24) is 4.90 Å². The lowest BCUT2D eigenvalue weighted by Crippen LogP contribution is -2.27. The van der Waals surface area contributed by atoms with Gasteiger partial charge in [0, 0.05) is 25.0 Å². The van der Waals surface area contributed by atoms with Gasteiger partial charge in [-0.25, -0.2) is 0 Å². The molecule has 0 radical (unpaired) electrons. The molecular weight excluding hydrogens is 422 g/mol. The highest BCUT2D eigenvalue weighted by Gasteiger charge is 2.36. The van der Waals surface area contributed by atoms with E-state index in [1.165, 1.54) is 31.0 Å². The van der Waals surface area contributed by atoms with Crippen LogP contribution in [0.4, 0.5) is 0 Å². The highest BCUT2D eigenvalue weighted by Crippen LogP contribution is 2.25. The summed E-state index contributed by atoms with van der Waals surface area (Å²) in [6.45, 7) is 3.20. The highest BCUT2D eigenvalue weighted by atomic mass is 32.2. The third-order valence-electron chi connectivity index (χ3n) is 3.81. The van der Waals surface area contributed by atoms with E-state index in [1.54, 1.807) is 13.8 Å². The molecule has 0 aromatic rings. The van der Waals surface area contributed by atoms with Crippen molar-refractivity contribution < 1.29 is 39.0 Å². The quantitative estimate of drug-likeness (QED) is 0.307. The number of imide groups is 1. The molecule has 0 aromatic heterocycles. The van der Waals surface area contributed by atoms with E-state index >= 15 is 0 Å². The number of carbonyl (C=O) groups excluding carboxylic acids is 4. The Morgan fingerprint density at radius 1 is 1.10 bits per heavy atom. The van der Waals surface area contributed by atoms with Crippen molar-refractivity contribution in [3.63, 3.8) is 0 Å². The number of carboxylic acids is 2. The largest absolute Gasteiger partial charge is 0.481 e. The fourth-order valence-electron chi connectivity index (χ4n) is 1.74. The highest BCUT2D eigenvalue weighted by molar-refractivity contribution is 8.00. The van der Waals surface area contributed by atoms with Gasteiger partial charge in [0.15, 0.2) is 11.6 Å². The Morgan fingerprint density at radius 3 is 1.83 bits per heavy atom. The summed E-state index contributed by atoms with van der Waals surface area (Å²) in [6.07, 6.45) is 2.89. The predicted molar refractivity (Wildman–Crippen MR) is 110 cm³/mol. The summed E-state index contributed by atoms with van der Waals surface area (Å²) in [6, 6.07) is 0. The van der Waals surface area contributed by atoms with Crippen molar-refractivity contribution in [2.24, 2.45) is 11.8 Å². The molecule has 2 N–H and O–H groups in total. The lowest BCUT2D eigenvalue weighted by molar-refractivity contribution is -0.141. The van der Waals surface area contributed by atoms with Crippen LogP contribution >= 0.6 is 24.4 Å². The standard InChI is InChI=1S/C9H13NO4S.C5H4O2.C4H8O2S/c1-5(9(13)14)4-15-6-3-7(11)10(2)8(6)12;6-4-1-2-5(7)3-4;1-3(2-7)4(5)6/h5-6H,3-4H2,1-2H3,(H,13,14);1-2H,3H2;3,7H,2H2,1H3,(H,5,6)/t5-,6?;;3-/m0.0/s1. The van der Waals surface area contributed by atoms with E-state index in [0.717, 1.165) is 4.90 Å². The van der Waals surface area contributed by atoms with Crippen LogP contribution in [-0.4, -0.2) is 74.2 Å². The summed E-state index contributed by atoms with van der Waals surface area (Å²) in [5.41, 5.74) is 0. The second-order valence-electron chi connectivity index (χ2n) is 6.42. The van der Waals surface area contributed by atoms with Crippen LogP contribution in [-0.2, 0) is 28.8 Å². The molecule has 3 atom stereocenters. The van der Waals surface area contributed by atoms with Crippen LogP contribution in [0.1, 0.15) is 26.7 Å². The van der Waals surface area contributed by atoms with Gasteiger partial charge in [-0.3, -0.25) is 33.7 Å². The molecule has 0 spiro atoms. The Morgan fingerprint density at radius 2 is 1.59 bits per heavy atom. The zero-order valence-electron chi connectivity index (χ0n) is 16.4. The van der Waals surface area contributed by atoms with Gasteiger partial charge in [0.1, 0.15) is 0 Å². The molecule has 1 heterocycles. The molecule has 2 rings (SSSR count). The smallest absolute Gasteiger partial charge is 0.307 e. The van der Waals surface area contributed by atoms with Crippen molar-refractivity contribution >= 4 is 59.7 Å². The number of aliphatic carboxylic acids is 2. The van der Waals surface area contributed by atoms with Crippen LogP contribution < -0.4 is 0 Å². The van der Waals surface area contributed by atoms with E-state index in [0.29, 0.717) is 11.5 Å². The number of rotatable bonds is 6. The average Bonchev–Trinajstić information content (AvgIpc) is 3.16. The summed E-state index contributed by atoms with van der Waals surface area (Å²) < 4.78 is 0. The second kappa shape index (κ2) is 13.2. The first kappa shape index (κ1) is 26.9. The first-order valence-corrected chi connectivity index (χ1v) is 10.3. The van der Waals surface area contributed by atoms with Gasteiger partial charge < -0.3 is 10.2 Å². The number of carbonyl (C=O) groups is 6. The van der Waals surface area contributed by atoms with E-state index in [1.807, 2.05) is 0 Å². The minimum absolute atomic E-state index is 0.0787. The summed E-state index contributed by atoms with van der Waals surface area (Å²) in [5.74, 6) is -2.28. The number of carboxylic acid groups (broad SMARTS) is 2. The van der Waals surface area contributed by atoms with Crippen LogP contribution in [0.2, 0.25) is 0 Å². The Bertz CT molecular complexity index is 675. The number of hydrogen-bond donors (Lipinski definition) is 3. The second-order valence-corrected chi connectivity index (χ2v) is 8.02. The number of allylic oxidation sites excluding steroid dienone is 2. The van der Waals surface area contributed by atoms with E-state index < -0.39 is 23.1 Å². The van der Waals surface area contributed by atoms with E-state index in [9.17, 15) is 28.8 Å². The Kier molecular flexibility index (Phi) is 12.2. The Balaban J connectivity index is 0.000000465. The van der Waals surface area contributed by atoms with Crippen molar-refractivity contribution in [2.45, 2.75) is 31.9 Å². The van der Waals surface area contributed by atoms with Gasteiger partial charge in [-0.05, 0) is 12.2 Å². The minimum atomic E-state index is -0.882. The number of thiol groups is 1. The Hall–Kier alpha value is -2.14. The van der Waals surface area contributed by atoms with Crippen molar-refractivity contribution in [1.29, 1.82) is 0 Å². The molecule has 162 valence electrons. The first-order valence-electron chi connectivity index (χ1n) is 8.62. The fourth-order valence-corrected chi connectivity index (χ4v) is 3.12. The SMILES string of the molecule is C[C@@H](CS)C(=O)O.C[C@@H](CSC1CC(=O)N(C)C1=O)C(=O)O.O=C1C=CC(=O)C1. The molecule has 11 heteroatoms. The third-order valence-corrected chi connectivity index (χ3v) is 5.82. The minimum Gasteiger partial charge on any atom is -0.481 e.